The summed E-state index contributed by atoms with van der Waals surface area (Å²) in [6, 6.07) is 0. The van der Waals surface area contributed by atoms with Gasteiger partial charge in [-0.25, -0.2) is 4.98 Å². The molecule has 4 nitrogen and oxygen atoms in total. The molecule has 118 valence electrons. The molecular formula is C17H29N3O. The van der Waals surface area contributed by atoms with Crippen LogP contribution in [0.2, 0.25) is 0 Å². The third-order valence-electron chi connectivity index (χ3n) is 4.15. The molecule has 0 bridgehead atoms. The van der Waals surface area contributed by atoms with E-state index in [9.17, 15) is 0 Å². The molecule has 0 saturated heterocycles. The Bertz CT molecular complexity index is 442. The Labute approximate surface area is 128 Å². The van der Waals surface area contributed by atoms with Crippen LogP contribution in [0, 0.1) is 12.8 Å². The molecule has 0 spiro atoms. The Hall–Kier alpha value is -1.32. The summed E-state index contributed by atoms with van der Waals surface area (Å²) in [5, 5.41) is 3.32. The molecule has 2 rings (SSSR count). The first-order valence-electron chi connectivity index (χ1n) is 8.48. The molecule has 4 heteroatoms. The molecular weight excluding hydrogens is 262 g/mol. The van der Waals surface area contributed by atoms with Crippen LogP contribution in [-0.2, 0) is 6.42 Å². The lowest BCUT2D eigenvalue weighted by molar-refractivity contribution is 0.201. The van der Waals surface area contributed by atoms with Crippen LogP contribution in [0.1, 0.15) is 63.8 Å². The van der Waals surface area contributed by atoms with E-state index in [-0.39, 0.29) is 0 Å². The van der Waals surface area contributed by atoms with Gasteiger partial charge in [-0.05, 0) is 39.0 Å². The fraction of sp³-hybridized carbons (Fsp3) is 0.765. The predicted molar refractivity (Wildman–Crippen MR) is 87.0 cm³/mol. The van der Waals surface area contributed by atoms with E-state index >= 15 is 0 Å². The van der Waals surface area contributed by atoms with Gasteiger partial charge in [0, 0.05) is 13.0 Å². The average Bonchev–Trinajstić information content (AvgIpc) is 2.50. The van der Waals surface area contributed by atoms with Crippen LogP contribution >= 0.6 is 0 Å². The zero-order valence-corrected chi connectivity index (χ0v) is 13.7. The number of hydrogen-bond acceptors (Lipinski definition) is 4. The van der Waals surface area contributed by atoms with Crippen LogP contribution in [0.15, 0.2) is 0 Å². The van der Waals surface area contributed by atoms with Crippen molar-refractivity contribution in [3.8, 4) is 5.88 Å². The van der Waals surface area contributed by atoms with Gasteiger partial charge in [0.1, 0.15) is 11.6 Å². The van der Waals surface area contributed by atoms with E-state index in [1.165, 1.54) is 32.1 Å². The second-order valence-electron chi connectivity index (χ2n) is 6.01. The van der Waals surface area contributed by atoms with Gasteiger partial charge in [-0.3, -0.25) is 0 Å². The van der Waals surface area contributed by atoms with Crippen LogP contribution in [0.5, 0.6) is 5.88 Å². The first kappa shape index (κ1) is 16.1. The van der Waals surface area contributed by atoms with Crippen LogP contribution < -0.4 is 10.1 Å². The molecule has 0 aromatic carbocycles. The maximum absolute atomic E-state index is 6.06. The summed E-state index contributed by atoms with van der Waals surface area (Å²) in [6.45, 7) is 7.95. The van der Waals surface area contributed by atoms with Crippen molar-refractivity contribution in [3.63, 3.8) is 0 Å². The quantitative estimate of drug-likeness (QED) is 0.820. The third-order valence-corrected chi connectivity index (χ3v) is 4.15. The second kappa shape index (κ2) is 8.20. The summed E-state index contributed by atoms with van der Waals surface area (Å²) in [4.78, 5) is 9.22. The molecule has 1 aromatic heterocycles. The molecule has 21 heavy (non-hydrogen) atoms. The number of aryl methyl sites for hydroxylation is 1. The topological polar surface area (TPSA) is 47.0 Å². The Morgan fingerprint density at radius 1 is 1.14 bits per heavy atom. The standard InChI is InChI=1S/C17H29N3O/c1-4-9-15-19-16(18-5-2)13(3)17(20-15)21-12-14-10-7-6-8-11-14/h14H,4-12H2,1-3H3,(H,18,19,20). The molecule has 1 aliphatic carbocycles. The predicted octanol–water partition coefficient (Wildman–Crippen LogP) is 4.13. The summed E-state index contributed by atoms with van der Waals surface area (Å²) < 4.78 is 6.06. The van der Waals surface area contributed by atoms with Crippen LogP contribution in [0.4, 0.5) is 5.82 Å². The highest BCUT2D eigenvalue weighted by atomic mass is 16.5. The van der Waals surface area contributed by atoms with E-state index in [2.05, 4.69) is 29.1 Å². The minimum atomic E-state index is 0.699. The van der Waals surface area contributed by atoms with Crippen molar-refractivity contribution < 1.29 is 4.74 Å². The molecule has 0 aliphatic heterocycles. The lowest BCUT2D eigenvalue weighted by Crippen LogP contribution is -2.17. The summed E-state index contributed by atoms with van der Waals surface area (Å²) in [6.07, 6.45) is 8.63. The molecule has 0 radical (unpaired) electrons. The van der Waals surface area contributed by atoms with Gasteiger partial charge in [0.05, 0.1) is 12.2 Å². The van der Waals surface area contributed by atoms with Crippen molar-refractivity contribution in [1.29, 1.82) is 0 Å². The third kappa shape index (κ3) is 4.58. The summed E-state index contributed by atoms with van der Waals surface area (Å²) in [5.41, 5.74) is 1.03. The average molecular weight is 291 g/mol. The first-order valence-corrected chi connectivity index (χ1v) is 8.48. The number of nitrogens with zero attached hydrogens (tertiary/aromatic N) is 2. The van der Waals surface area contributed by atoms with Crippen LogP contribution in [0.3, 0.4) is 0 Å². The fourth-order valence-corrected chi connectivity index (χ4v) is 2.91. The van der Waals surface area contributed by atoms with Gasteiger partial charge >= 0.3 is 0 Å². The highest BCUT2D eigenvalue weighted by molar-refractivity contribution is 5.48. The number of hydrogen-bond donors (Lipinski definition) is 1. The smallest absolute Gasteiger partial charge is 0.221 e. The number of aromatic nitrogens is 2. The van der Waals surface area contributed by atoms with Crippen molar-refractivity contribution >= 4 is 5.82 Å². The Kier molecular flexibility index (Phi) is 6.27. The molecule has 1 aromatic rings. The molecule has 1 N–H and O–H groups in total. The van der Waals surface area contributed by atoms with E-state index in [1.807, 2.05) is 6.92 Å². The van der Waals surface area contributed by atoms with E-state index in [0.29, 0.717) is 5.92 Å². The van der Waals surface area contributed by atoms with Gasteiger partial charge in [-0.2, -0.15) is 4.98 Å². The Morgan fingerprint density at radius 3 is 2.57 bits per heavy atom. The Morgan fingerprint density at radius 2 is 1.90 bits per heavy atom. The highest BCUT2D eigenvalue weighted by Crippen LogP contribution is 2.27. The Balaban J connectivity index is 2.08. The zero-order valence-electron chi connectivity index (χ0n) is 13.7. The van der Waals surface area contributed by atoms with Gasteiger partial charge in [0.2, 0.25) is 5.88 Å². The highest BCUT2D eigenvalue weighted by Gasteiger charge is 2.16. The molecule has 1 heterocycles. The van der Waals surface area contributed by atoms with E-state index in [1.54, 1.807) is 0 Å². The van der Waals surface area contributed by atoms with E-state index in [4.69, 9.17) is 4.74 Å². The molecule has 1 fully saturated rings. The molecule has 0 unspecified atom stereocenters. The number of ether oxygens (including phenoxy) is 1. The van der Waals surface area contributed by atoms with Gasteiger partial charge in [0.15, 0.2) is 0 Å². The number of anilines is 1. The van der Waals surface area contributed by atoms with E-state index in [0.717, 1.165) is 49.1 Å². The molecule has 1 aliphatic rings. The second-order valence-corrected chi connectivity index (χ2v) is 6.01. The number of rotatable bonds is 7. The van der Waals surface area contributed by atoms with Crippen LogP contribution in [-0.4, -0.2) is 23.1 Å². The zero-order chi connectivity index (χ0) is 15.1. The van der Waals surface area contributed by atoms with Crippen molar-refractivity contribution in [2.45, 2.75) is 65.7 Å². The van der Waals surface area contributed by atoms with Gasteiger partial charge in [-0.15, -0.1) is 0 Å². The summed E-state index contributed by atoms with van der Waals surface area (Å²) in [7, 11) is 0. The lowest BCUT2D eigenvalue weighted by atomic mass is 9.90. The largest absolute Gasteiger partial charge is 0.477 e. The van der Waals surface area contributed by atoms with Crippen molar-refractivity contribution in [3.05, 3.63) is 11.4 Å². The summed E-state index contributed by atoms with van der Waals surface area (Å²) in [5.74, 6) is 3.28. The lowest BCUT2D eigenvalue weighted by Gasteiger charge is -2.22. The minimum Gasteiger partial charge on any atom is -0.477 e. The SMILES string of the molecule is CCCc1nc(NCC)c(C)c(OCC2CCCCC2)n1. The molecule has 0 atom stereocenters. The van der Waals surface area contributed by atoms with Crippen molar-refractivity contribution in [2.24, 2.45) is 5.92 Å². The molecule has 0 amide bonds. The van der Waals surface area contributed by atoms with Gasteiger partial charge in [-0.1, -0.05) is 26.2 Å². The van der Waals surface area contributed by atoms with E-state index < -0.39 is 0 Å². The fourth-order valence-electron chi connectivity index (χ4n) is 2.91. The molecule has 1 saturated carbocycles. The minimum absolute atomic E-state index is 0.699. The van der Waals surface area contributed by atoms with Gasteiger partial charge in [0.25, 0.3) is 0 Å². The maximum Gasteiger partial charge on any atom is 0.221 e. The van der Waals surface area contributed by atoms with Crippen molar-refractivity contribution in [2.75, 3.05) is 18.5 Å². The normalized spacial score (nSPS) is 16.0. The number of nitrogens with one attached hydrogen (secondary N) is 1. The maximum atomic E-state index is 6.06. The summed E-state index contributed by atoms with van der Waals surface area (Å²) >= 11 is 0. The van der Waals surface area contributed by atoms with Crippen molar-refractivity contribution in [1.82, 2.24) is 9.97 Å². The van der Waals surface area contributed by atoms with Gasteiger partial charge < -0.3 is 10.1 Å². The van der Waals surface area contributed by atoms with Crippen LogP contribution in [0.25, 0.3) is 0 Å². The first-order chi connectivity index (χ1) is 10.2. The monoisotopic (exact) mass is 291 g/mol.